The van der Waals surface area contributed by atoms with Crippen molar-refractivity contribution in [2.24, 2.45) is 0 Å². The summed E-state index contributed by atoms with van der Waals surface area (Å²) >= 11 is 8.58. The summed E-state index contributed by atoms with van der Waals surface area (Å²) in [5, 5.41) is 4.49. The molecule has 1 unspecified atom stereocenters. The molecule has 1 N–H and O–H groups in total. The zero-order valence-corrected chi connectivity index (χ0v) is 12.6. The van der Waals surface area contributed by atoms with Gasteiger partial charge in [-0.1, -0.05) is 12.1 Å². The van der Waals surface area contributed by atoms with Crippen LogP contribution in [-0.4, -0.2) is 4.98 Å². The van der Waals surface area contributed by atoms with E-state index in [0.717, 1.165) is 19.0 Å². The normalized spacial score (nSPS) is 12.4. The van der Waals surface area contributed by atoms with Crippen LogP contribution in [0.2, 0.25) is 0 Å². The van der Waals surface area contributed by atoms with Gasteiger partial charge in [0.25, 0.3) is 0 Å². The van der Waals surface area contributed by atoms with E-state index in [2.05, 4.69) is 49.1 Å². The van der Waals surface area contributed by atoms with Crippen LogP contribution in [0.1, 0.15) is 18.0 Å². The number of hydrogen-bond donors (Lipinski definition) is 1. The third kappa shape index (κ3) is 2.84. The summed E-state index contributed by atoms with van der Waals surface area (Å²) in [5.41, 5.74) is 1.08. The van der Waals surface area contributed by atoms with Crippen molar-refractivity contribution in [3.05, 3.63) is 43.7 Å². The number of nitrogens with one attached hydrogen (secondary N) is 1. The van der Waals surface area contributed by atoms with Crippen molar-refractivity contribution >= 4 is 48.9 Å². The second kappa shape index (κ2) is 5.29. The third-order valence-electron chi connectivity index (χ3n) is 2.11. The van der Waals surface area contributed by atoms with Gasteiger partial charge in [0.2, 0.25) is 0 Å². The fourth-order valence-corrected chi connectivity index (χ4v) is 2.99. The second-order valence-corrected chi connectivity index (χ2v) is 6.64. The predicted molar refractivity (Wildman–Crippen MR) is 76.0 cm³/mol. The van der Waals surface area contributed by atoms with Crippen molar-refractivity contribution in [2.45, 2.75) is 13.0 Å². The first-order valence-corrected chi connectivity index (χ1v) is 7.19. The van der Waals surface area contributed by atoms with Crippen LogP contribution in [0.3, 0.4) is 0 Å². The SMILES string of the molecule is CC(Nc1ccccc1Br)c1ncc(Br)s1. The summed E-state index contributed by atoms with van der Waals surface area (Å²) in [5.74, 6) is 0. The fraction of sp³-hybridized carbons (Fsp3) is 0.182. The molecule has 0 saturated heterocycles. The minimum Gasteiger partial charge on any atom is -0.375 e. The van der Waals surface area contributed by atoms with Crippen LogP contribution in [0.25, 0.3) is 0 Å². The quantitative estimate of drug-likeness (QED) is 0.845. The van der Waals surface area contributed by atoms with Crippen LogP contribution in [0, 0.1) is 0 Å². The minimum atomic E-state index is 0.204. The maximum Gasteiger partial charge on any atom is 0.116 e. The van der Waals surface area contributed by atoms with Crippen LogP contribution in [0.15, 0.2) is 38.7 Å². The maximum atomic E-state index is 4.34. The first-order valence-electron chi connectivity index (χ1n) is 4.79. The number of para-hydroxylation sites is 1. The molecule has 0 spiro atoms. The first-order chi connectivity index (χ1) is 7.66. The molecule has 0 aliphatic rings. The summed E-state index contributed by atoms with van der Waals surface area (Å²) in [6, 6.07) is 8.28. The summed E-state index contributed by atoms with van der Waals surface area (Å²) < 4.78 is 2.13. The van der Waals surface area contributed by atoms with Gasteiger partial charge in [0.1, 0.15) is 5.01 Å². The van der Waals surface area contributed by atoms with Crippen molar-refractivity contribution in [2.75, 3.05) is 5.32 Å². The van der Waals surface area contributed by atoms with E-state index >= 15 is 0 Å². The third-order valence-corrected chi connectivity index (χ3v) is 4.46. The molecule has 84 valence electrons. The molecular weight excluding hydrogens is 352 g/mol. The Morgan fingerprint density at radius 3 is 2.69 bits per heavy atom. The highest BCUT2D eigenvalue weighted by Gasteiger charge is 2.10. The molecule has 0 bridgehead atoms. The summed E-state index contributed by atoms with van der Waals surface area (Å²) in [6.45, 7) is 2.10. The number of halogens is 2. The van der Waals surface area contributed by atoms with Crippen molar-refractivity contribution in [3.8, 4) is 0 Å². The molecule has 0 aliphatic carbocycles. The van der Waals surface area contributed by atoms with Gasteiger partial charge >= 0.3 is 0 Å². The average Bonchev–Trinajstić information content (AvgIpc) is 2.68. The standard InChI is InChI=1S/C11H10Br2N2S/c1-7(11-14-6-10(13)16-11)15-9-5-3-2-4-8(9)12/h2-7,15H,1H3. The number of benzene rings is 1. The molecule has 2 rings (SSSR count). The fourth-order valence-electron chi connectivity index (χ4n) is 1.34. The van der Waals surface area contributed by atoms with Gasteiger partial charge in [0.05, 0.1) is 16.0 Å². The van der Waals surface area contributed by atoms with Gasteiger partial charge in [-0.2, -0.15) is 0 Å². The number of hydrogen-bond acceptors (Lipinski definition) is 3. The molecule has 16 heavy (non-hydrogen) atoms. The average molecular weight is 362 g/mol. The van der Waals surface area contributed by atoms with Crippen molar-refractivity contribution in [1.82, 2.24) is 4.98 Å². The lowest BCUT2D eigenvalue weighted by atomic mass is 10.3. The number of thiazole rings is 1. The summed E-state index contributed by atoms with van der Waals surface area (Å²) in [4.78, 5) is 4.34. The largest absolute Gasteiger partial charge is 0.375 e. The number of anilines is 1. The molecule has 0 radical (unpaired) electrons. The van der Waals surface area contributed by atoms with Gasteiger partial charge in [0.15, 0.2) is 0 Å². The highest BCUT2D eigenvalue weighted by atomic mass is 79.9. The number of nitrogens with zero attached hydrogens (tertiary/aromatic N) is 1. The van der Waals surface area contributed by atoms with E-state index in [-0.39, 0.29) is 6.04 Å². The highest BCUT2D eigenvalue weighted by molar-refractivity contribution is 9.11. The van der Waals surface area contributed by atoms with Crippen LogP contribution in [-0.2, 0) is 0 Å². The minimum absolute atomic E-state index is 0.204. The molecule has 2 aromatic rings. The molecular formula is C11H10Br2N2S. The molecule has 2 nitrogen and oxygen atoms in total. The van der Waals surface area contributed by atoms with Gasteiger partial charge in [-0.3, -0.25) is 0 Å². The van der Waals surface area contributed by atoms with Crippen LogP contribution in [0.5, 0.6) is 0 Å². The zero-order chi connectivity index (χ0) is 11.5. The molecule has 1 aromatic heterocycles. The van der Waals surface area contributed by atoms with Gasteiger partial charge in [-0.15, -0.1) is 11.3 Å². The van der Waals surface area contributed by atoms with Gasteiger partial charge in [0, 0.05) is 10.2 Å². The van der Waals surface area contributed by atoms with Crippen molar-refractivity contribution in [1.29, 1.82) is 0 Å². The van der Waals surface area contributed by atoms with E-state index < -0.39 is 0 Å². The Balaban J connectivity index is 2.13. The van der Waals surface area contributed by atoms with E-state index in [9.17, 15) is 0 Å². The Morgan fingerprint density at radius 2 is 2.06 bits per heavy atom. The topological polar surface area (TPSA) is 24.9 Å². The first kappa shape index (κ1) is 12.1. The molecule has 5 heteroatoms. The Bertz CT molecular complexity index is 484. The van der Waals surface area contributed by atoms with Crippen LogP contribution < -0.4 is 5.32 Å². The number of aromatic nitrogens is 1. The van der Waals surface area contributed by atoms with E-state index in [4.69, 9.17) is 0 Å². The van der Waals surface area contributed by atoms with Crippen LogP contribution in [0.4, 0.5) is 5.69 Å². The molecule has 1 atom stereocenters. The monoisotopic (exact) mass is 360 g/mol. The van der Waals surface area contributed by atoms with E-state index in [0.29, 0.717) is 0 Å². The Morgan fingerprint density at radius 1 is 1.31 bits per heavy atom. The van der Waals surface area contributed by atoms with Crippen molar-refractivity contribution in [3.63, 3.8) is 0 Å². The van der Waals surface area contributed by atoms with Gasteiger partial charge < -0.3 is 5.32 Å². The summed E-state index contributed by atoms with van der Waals surface area (Å²) in [6.07, 6.45) is 1.83. The second-order valence-electron chi connectivity index (χ2n) is 3.35. The molecule has 0 amide bonds. The Kier molecular flexibility index (Phi) is 4.00. The smallest absolute Gasteiger partial charge is 0.116 e. The lowest BCUT2D eigenvalue weighted by Crippen LogP contribution is -2.06. The van der Waals surface area contributed by atoms with E-state index in [1.807, 2.05) is 30.5 Å². The van der Waals surface area contributed by atoms with Gasteiger partial charge in [-0.25, -0.2) is 4.98 Å². The van der Waals surface area contributed by atoms with Crippen molar-refractivity contribution < 1.29 is 0 Å². The highest BCUT2D eigenvalue weighted by Crippen LogP contribution is 2.29. The lowest BCUT2D eigenvalue weighted by Gasteiger charge is -2.13. The van der Waals surface area contributed by atoms with Gasteiger partial charge in [-0.05, 0) is 50.9 Å². The molecule has 0 fully saturated rings. The van der Waals surface area contributed by atoms with E-state index in [1.165, 1.54) is 0 Å². The Labute approximate surface area is 115 Å². The molecule has 0 aliphatic heterocycles. The predicted octanol–water partition coefficient (Wildman–Crippen LogP) is 4.84. The maximum absolute atomic E-state index is 4.34. The Hall–Kier alpha value is -0.390. The van der Waals surface area contributed by atoms with Crippen LogP contribution >= 0.6 is 43.2 Å². The molecule has 1 heterocycles. The molecule has 0 saturated carbocycles. The zero-order valence-electron chi connectivity index (χ0n) is 8.58. The lowest BCUT2D eigenvalue weighted by molar-refractivity contribution is 0.869. The number of rotatable bonds is 3. The molecule has 1 aromatic carbocycles. The van der Waals surface area contributed by atoms with E-state index in [1.54, 1.807) is 11.3 Å². The summed E-state index contributed by atoms with van der Waals surface area (Å²) in [7, 11) is 0.